The van der Waals surface area contributed by atoms with E-state index in [0.29, 0.717) is 14.8 Å². The van der Waals surface area contributed by atoms with Crippen LogP contribution in [0.25, 0.3) is 16.7 Å². The lowest BCUT2D eigenvalue weighted by Crippen LogP contribution is -1.96. The van der Waals surface area contributed by atoms with Crippen LogP contribution in [-0.2, 0) is 0 Å². The van der Waals surface area contributed by atoms with Crippen molar-refractivity contribution in [3.63, 3.8) is 0 Å². The minimum absolute atomic E-state index is 0.510. The van der Waals surface area contributed by atoms with Gasteiger partial charge in [-0.05, 0) is 61.5 Å². The minimum atomic E-state index is 0.510. The summed E-state index contributed by atoms with van der Waals surface area (Å²) in [5, 5.41) is 1.02. The first-order valence-electron chi connectivity index (χ1n) is 6.25. The maximum atomic E-state index is 6.14. The molecule has 6 heteroatoms. The predicted molar refractivity (Wildman–Crippen MR) is 95.7 cm³/mol. The molecule has 0 atom stereocenters. The average Bonchev–Trinajstić information content (AvgIpc) is 2.71. The summed E-state index contributed by atoms with van der Waals surface area (Å²) in [5.74, 6) is 0. The van der Waals surface area contributed by atoms with Gasteiger partial charge in [0.25, 0.3) is 0 Å². The zero-order chi connectivity index (χ0) is 15.3. The molecule has 0 aliphatic rings. The summed E-state index contributed by atoms with van der Waals surface area (Å²) in [7, 11) is 0. The number of hydrogen-bond acceptors (Lipinski definition) is 1. The van der Waals surface area contributed by atoms with Gasteiger partial charge in [0.15, 0.2) is 4.77 Å². The maximum absolute atomic E-state index is 6.14. The summed E-state index contributed by atoms with van der Waals surface area (Å²) >= 11 is 21.2. The number of rotatable bonds is 1. The maximum Gasteiger partial charge on any atom is 0.182 e. The van der Waals surface area contributed by atoms with E-state index >= 15 is 0 Å². The van der Waals surface area contributed by atoms with Gasteiger partial charge < -0.3 is 4.98 Å². The second-order valence-corrected chi connectivity index (χ2v) is 6.94. The highest BCUT2D eigenvalue weighted by molar-refractivity contribution is 9.10. The van der Waals surface area contributed by atoms with Crippen molar-refractivity contribution in [1.82, 2.24) is 9.55 Å². The minimum Gasteiger partial charge on any atom is -0.330 e. The van der Waals surface area contributed by atoms with Gasteiger partial charge in [0.2, 0.25) is 0 Å². The largest absolute Gasteiger partial charge is 0.330 e. The standard InChI is InChI=1S/C15H11BrCl2N2S/c1-7-3-9(4-8(2)14(7)16)20-13-6-11(18)10(17)5-12(13)19-15(20)21/h3-6H,1-2H3,(H,19,21). The summed E-state index contributed by atoms with van der Waals surface area (Å²) in [6, 6.07) is 7.80. The van der Waals surface area contributed by atoms with Gasteiger partial charge in [-0.15, -0.1) is 0 Å². The Bertz CT molecular complexity index is 904. The van der Waals surface area contributed by atoms with Crippen molar-refractivity contribution in [2.45, 2.75) is 13.8 Å². The van der Waals surface area contributed by atoms with Crippen molar-refractivity contribution in [1.29, 1.82) is 0 Å². The SMILES string of the molecule is Cc1cc(-n2c(=S)[nH]c3cc(Cl)c(Cl)cc32)cc(C)c1Br. The molecule has 2 nitrogen and oxygen atoms in total. The molecule has 3 rings (SSSR count). The molecule has 21 heavy (non-hydrogen) atoms. The lowest BCUT2D eigenvalue weighted by atomic mass is 10.1. The van der Waals surface area contributed by atoms with E-state index in [1.165, 1.54) is 0 Å². The third-order valence-electron chi connectivity index (χ3n) is 3.40. The molecular weight excluding hydrogens is 391 g/mol. The number of aromatic amines is 1. The Balaban J connectivity index is 2.37. The molecule has 0 saturated carbocycles. The van der Waals surface area contributed by atoms with Crippen molar-refractivity contribution in [3.8, 4) is 5.69 Å². The van der Waals surface area contributed by atoms with Crippen LogP contribution in [0.5, 0.6) is 0 Å². The number of aryl methyl sites for hydroxylation is 2. The van der Waals surface area contributed by atoms with Gasteiger partial charge in [-0.2, -0.15) is 0 Å². The predicted octanol–water partition coefficient (Wildman–Crippen LogP) is 6.37. The second-order valence-electron chi connectivity index (χ2n) is 4.94. The lowest BCUT2D eigenvalue weighted by Gasteiger charge is -2.10. The topological polar surface area (TPSA) is 20.7 Å². The molecule has 2 aromatic carbocycles. The van der Waals surface area contributed by atoms with E-state index in [2.05, 4.69) is 46.9 Å². The number of benzene rings is 2. The average molecular weight is 402 g/mol. The summed E-state index contributed by atoms with van der Waals surface area (Å²) in [4.78, 5) is 3.17. The quantitative estimate of drug-likeness (QED) is 0.469. The summed E-state index contributed by atoms with van der Waals surface area (Å²) in [5.41, 5.74) is 5.09. The van der Waals surface area contributed by atoms with E-state index in [-0.39, 0.29) is 0 Å². The first-order chi connectivity index (χ1) is 9.88. The molecule has 0 saturated heterocycles. The van der Waals surface area contributed by atoms with Gasteiger partial charge in [0.1, 0.15) is 0 Å². The third kappa shape index (κ3) is 2.55. The molecule has 1 N–H and O–H groups in total. The van der Waals surface area contributed by atoms with Crippen LogP contribution in [0.2, 0.25) is 10.0 Å². The molecule has 0 bridgehead atoms. The van der Waals surface area contributed by atoms with E-state index < -0.39 is 0 Å². The smallest absolute Gasteiger partial charge is 0.182 e. The van der Waals surface area contributed by atoms with Gasteiger partial charge in [0, 0.05) is 10.2 Å². The van der Waals surface area contributed by atoms with Crippen LogP contribution >= 0.6 is 51.3 Å². The zero-order valence-electron chi connectivity index (χ0n) is 11.3. The molecule has 1 aromatic heterocycles. The van der Waals surface area contributed by atoms with Crippen LogP contribution in [0.15, 0.2) is 28.7 Å². The Hall–Kier alpha value is -0.810. The van der Waals surface area contributed by atoms with E-state index in [9.17, 15) is 0 Å². The first-order valence-corrected chi connectivity index (χ1v) is 8.21. The molecule has 0 fully saturated rings. The molecule has 1 heterocycles. The Kier molecular flexibility index (Phi) is 3.91. The molecule has 0 radical (unpaired) electrons. The van der Waals surface area contributed by atoms with Gasteiger partial charge in [-0.1, -0.05) is 39.1 Å². The fourth-order valence-electron chi connectivity index (χ4n) is 2.41. The van der Waals surface area contributed by atoms with Crippen LogP contribution in [0, 0.1) is 18.6 Å². The molecule has 3 aromatic rings. The van der Waals surface area contributed by atoms with Crippen molar-refractivity contribution >= 4 is 62.4 Å². The molecule has 0 aliphatic carbocycles. The van der Waals surface area contributed by atoms with Crippen LogP contribution in [0.4, 0.5) is 0 Å². The Morgan fingerprint density at radius 1 is 1.05 bits per heavy atom. The Morgan fingerprint density at radius 2 is 1.62 bits per heavy atom. The zero-order valence-corrected chi connectivity index (χ0v) is 15.2. The van der Waals surface area contributed by atoms with E-state index in [1.807, 2.05) is 10.6 Å². The highest BCUT2D eigenvalue weighted by atomic mass is 79.9. The number of nitrogens with zero attached hydrogens (tertiary/aromatic N) is 1. The van der Waals surface area contributed by atoms with Crippen molar-refractivity contribution < 1.29 is 0 Å². The molecule has 0 aliphatic heterocycles. The summed E-state index contributed by atoms with van der Waals surface area (Å²) < 4.78 is 3.70. The van der Waals surface area contributed by atoms with Crippen molar-refractivity contribution in [3.05, 3.63) is 54.7 Å². The van der Waals surface area contributed by atoms with Gasteiger partial charge >= 0.3 is 0 Å². The fourth-order valence-corrected chi connectivity index (χ4v) is 3.27. The fraction of sp³-hybridized carbons (Fsp3) is 0.133. The normalized spacial score (nSPS) is 11.3. The highest BCUT2D eigenvalue weighted by Crippen LogP contribution is 2.31. The molecule has 0 amide bonds. The number of aromatic nitrogens is 2. The molecule has 0 spiro atoms. The number of halogens is 3. The van der Waals surface area contributed by atoms with Gasteiger partial charge in [0.05, 0.1) is 21.1 Å². The van der Waals surface area contributed by atoms with E-state index in [1.54, 1.807) is 6.07 Å². The Morgan fingerprint density at radius 3 is 2.24 bits per heavy atom. The van der Waals surface area contributed by atoms with Crippen LogP contribution in [0.3, 0.4) is 0 Å². The van der Waals surface area contributed by atoms with Crippen LogP contribution in [-0.4, -0.2) is 9.55 Å². The molecule has 0 unspecified atom stereocenters. The Labute approximate surface area is 145 Å². The first kappa shape index (κ1) is 15.1. The van der Waals surface area contributed by atoms with Gasteiger partial charge in [-0.3, -0.25) is 4.57 Å². The van der Waals surface area contributed by atoms with Crippen LogP contribution in [0.1, 0.15) is 11.1 Å². The number of hydrogen-bond donors (Lipinski definition) is 1. The highest BCUT2D eigenvalue weighted by Gasteiger charge is 2.11. The van der Waals surface area contributed by atoms with Crippen LogP contribution < -0.4 is 0 Å². The number of fused-ring (bicyclic) bond motifs is 1. The summed E-state index contributed by atoms with van der Waals surface area (Å²) in [6.45, 7) is 4.12. The number of nitrogens with one attached hydrogen (secondary N) is 1. The van der Waals surface area contributed by atoms with Crippen molar-refractivity contribution in [2.75, 3.05) is 0 Å². The lowest BCUT2D eigenvalue weighted by molar-refractivity contribution is 1.05. The molecule has 108 valence electrons. The van der Waals surface area contributed by atoms with Crippen molar-refractivity contribution in [2.24, 2.45) is 0 Å². The number of imidazole rings is 1. The molecular formula is C15H11BrCl2N2S. The van der Waals surface area contributed by atoms with Gasteiger partial charge in [-0.25, -0.2) is 0 Å². The second kappa shape index (κ2) is 5.43. The summed E-state index contributed by atoms with van der Waals surface area (Å²) in [6.07, 6.45) is 0. The monoisotopic (exact) mass is 400 g/mol. The van der Waals surface area contributed by atoms with E-state index in [4.69, 9.17) is 35.4 Å². The third-order valence-corrected chi connectivity index (χ3v) is 5.66. The van der Waals surface area contributed by atoms with E-state index in [0.717, 1.165) is 32.3 Å². The number of H-pyrrole nitrogens is 1.